The van der Waals surface area contributed by atoms with E-state index < -0.39 is 0 Å². The van der Waals surface area contributed by atoms with Gasteiger partial charge in [0.25, 0.3) is 0 Å². The molecule has 0 aliphatic carbocycles. The number of nitrogens with one attached hydrogen (secondary N) is 1. The molecule has 1 heterocycles. The average Bonchev–Trinajstić information content (AvgIpc) is 3.13. The number of ether oxygens (including phenoxy) is 2. The lowest BCUT2D eigenvalue weighted by Crippen LogP contribution is -2.40. The summed E-state index contributed by atoms with van der Waals surface area (Å²) in [6, 6.07) is 4.01. The third-order valence-electron chi connectivity index (χ3n) is 4.47. The van der Waals surface area contributed by atoms with E-state index in [0.717, 1.165) is 53.9 Å². The van der Waals surface area contributed by atoms with Crippen LogP contribution in [0.4, 0.5) is 0 Å². The van der Waals surface area contributed by atoms with E-state index in [0.29, 0.717) is 6.54 Å². The number of aromatic nitrogens is 3. The summed E-state index contributed by atoms with van der Waals surface area (Å²) in [4.78, 5) is 6.47. The number of nitrogens with zero attached hydrogens (tertiary/aromatic N) is 5. The molecule has 1 aromatic heterocycles. The molecule has 0 saturated carbocycles. The highest BCUT2D eigenvalue weighted by atomic mass is 127. The number of guanidine groups is 1. The number of rotatable bonds is 8. The fourth-order valence-electron chi connectivity index (χ4n) is 2.94. The predicted octanol–water partition coefficient (Wildman–Crippen LogP) is 2.49. The molecule has 1 aromatic carbocycles. The van der Waals surface area contributed by atoms with Crippen LogP contribution in [-0.4, -0.2) is 60.5 Å². The van der Waals surface area contributed by atoms with Crippen LogP contribution in [0.1, 0.15) is 23.9 Å². The summed E-state index contributed by atoms with van der Waals surface area (Å²) in [5, 5.41) is 11.5. The van der Waals surface area contributed by atoms with Crippen LogP contribution in [0.3, 0.4) is 0 Å². The summed E-state index contributed by atoms with van der Waals surface area (Å²) in [6.45, 7) is 6.38. The molecule has 0 aliphatic rings. The van der Waals surface area contributed by atoms with E-state index in [1.54, 1.807) is 27.6 Å². The fourth-order valence-corrected chi connectivity index (χ4v) is 2.94. The minimum Gasteiger partial charge on any atom is -0.493 e. The van der Waals surface area contributed by atoms with E-state index in [1.165, 1.54) is 0 Å². The summed E-state index contributed by atoms with van der Waals surface area (Å²) in [5.74, 6) is 3.29. The second-order valence-electron chi connectivity index (χ2n) is 6.26. The molecule has 0 unspecified atom stereocenters. The zero-order valence-corrected chi connectivity index (χ0v) is 19.9. The monoisotopic (exact) mass is 502 g/mol. The van der Waals surface area contributed by atoms with E-state index in [2.05, 4.69) is 43.8 Å². The van der Waals surface area contributed by atoms with Crippen LogP contribution in [0.25, 0.3) is 0 Å². The molecule has 8 nitrogen and oxygen atoms in total. The number of methoxy groups -OCH3 is 2. The Bertz CT molecular complexity index is 778. The van der Waals surface area contributed by atoms with Crippen molar-refractivity contribution in [1.29, 1.82) is 0 Å². The molecule has 0 aliphatic heterocycles. The molecule has 0 radical (unpaired) electrons. The maximum Gasteiger partial charge on any atom is 0.193 e. The Morgan fingerprint density at radius 3 is 2.54 bits per heavy atom. The second-order valence-corrected chi connectivity index (χ2v) is 6.26. The van der Waals surface area contributed by atoms with E-state index in [9.17, 15) is 0 Å². The summed E-state index contributed by atoms with van der Waals surface area (Å²) in [6.07, 6.45) is 2.63. The smallest absolute Gasteiger partial charge is 0.193 e. The SMILES string of the molecule is CCc1nncn1CCNC(=NC)N(C)Cc1cc(OC)c(OC)cc1C.I. The van der Waals surface area contributed by atoms with Gasteiger partial charge in [-0.3, -0.25) is 4.99 Å². The van der Waals surface area contributed by atoms with Gasteiger partial charge in [0.15, 0.2) is 17.5 Å². The molecule has 0 amide bonds. The van der Waals surface area contributed by atoms with Gasteiger partial charge in [-0.25, -0.2) is 0 Å². The van der Waals surface area contributed by atoms with E-state index in [-0.39, 0.29) is 24.0 Å². The van der Waals surface area contributed by atoms with E-state index in [4.69, 9.17) is 9.47 Å². The number of hydrogen-bond acceptors (Lipinski definition) is 5. The topological polar surface area (TPSA) is 76.8 Å². The van der Waals surface area contributed by atoms with Crippen molar-refractivity contribution < 1.29 is 9.47 Å². The van der Waals surface area contributed by atoms with Crippen molar-refractivity contribution in [1.82, 2.24) is 25.0 Å². The molecular weight excluding hydrogens is 471 g/mol. The molecule has 156 valence electrons. The Labute approximate surface area is 184 Å². The molecule has 28 heavy (non-hydrogen) atoms. The van der Waals surface area contributed by atoms with Gasteiger partial charge in [0, 0.05) is 40.2 Å². The fraction of sp³-hybridized carbons (Fsp3) is 0.526. The van der Waals surface area contributed by atoms with Crippen LogP contribution in [0.2, 0.25) is 0 Å². The maximum atomic E-state index is 5.42. The predicted molar refractivity (Wildman–Crippen MR) is 122 cm³/mol. The first kappa shape index (κ1) is 24.0. The number of benzene rings is 1. The standard InChI is InChI=1S/C19H30N6O2.HI/c1-7-18-23-22-13-25(18)9-8-21-19(20-3)24(4)12-15-11-17(27-6)16(26-5)10-14(15)2;/h10-11,13H,7-9,12H2,1-6H3,(H,20,21);1H. The minimum absolute atomic E-state index is 0. The minimum atomic E-state index is 0. The maximum absolute atomic E-state index is 5.42. The lowest BCUT2D eigenvalue weighted by molar-refractivity contribution is 0.353. The lowest BCUT2D eigenvalue weighted by Gasteiger charge is -2.24. The Balaban J connectivity index is 0.00000392. The molecule has 0 fully saturated rings. The Kier molecular flexibility index (Phi) is 10.0. The third-order valence-corrected chi connectivity index (χ3v) is 4.47. The van der Waals surface area contributed by atoms with Gasteiger partial charge in [0.1, 0.15) is 12.2 Å². The third kappa shape index (κ3) is 5.98. The van der Waals surface area contributed by atoms with Gasteiger partial charge < -0.3 is 24.3 Å². The van der Waals surface area contributed by atoms with Crippen molar-refractivity contribution in [2.45, 2.75) is 33.4 Å². The zero-order chi connectivity index (χ0) is 19.8. The van der Waals surface area contributed by atoms with Crippen LogP contribution in [0, 0.1) is 6.92 Å². The largest absolute Gasteiger partial charge is 0.493 e. The van der Waals surface area contributed by atoms with Gasteiger partial charge in [-0.05, 0) is 30.2 Å². The van der Waals surface area contributed by atoms with Crippen molar-refractivity contribution in [3.05, 3.63) is 35.4 Å². The Morgan fingerprint density at radius 2 is 1.93 bits per heavy atom. The van der Waals surface area contributed by atoms with Gasteiger partial charge in [-0.1, -0.05) is 6.92 Å². The van der Waals surface area contributed by atoms with Crippen molar-refractivity contribution in [3.63, 3.8) is 0 Å². The molecule has 9 heteroatoms. The lowest BCUT2D eigenvalue weighted by atomic mass is 10.1. The Morgan fingerprint density at radius 1 is 1.25 bits per heavy atom. The van der Waals surface area contributed by atoms with Crippen LogP contribution in [0.15, 0.2) is 23.5 Å². The van der Waals surface area contributed by atoms with Crippen LogP contribution < -0.4 is 14.8 Å². The highest BCUT2D eigenvalue weighted by molar-refractivity contribution is 14.0. The molecule has 0 saturated heterocycles. The molecule has 2 aromatic rings. The van der Waals surface area contributed by atoms with Crippen molar-refractivity contribution in [2.75, 3.05) is 34.9 Å². The number of aliphatic imine (C=N–C) groups is 1. The highest BCUT2D eigenvalue weighted by Crippen LogP contribution is 2.30. The van der Waals surface area contributed by atoms with Gasteiger partial charge in [0.2, 0.25) is 0 Å². The Hall–Kier alpha value is -2.04. The highest BCUT2D eigenvalue weighted by Gasteiger charge is 2.12. The summed E-state index contributed by atoms with van der Waals surface area (Å²) >= 11 is 0. The van der Waals surface area contributed by atoms with E-state index in [1.807, 2.05) is 19.2 Å². The molecular formula is C19H31IN6O2. The first-order valence-corrected chi connectivity index (χ1v) is 9.03. The second kappa shape index (κ2) is 11.7. The van der Waals surface area contributed by atoms with Crippen molar-refractivity contribution in [2.24, 2.45) is 4.99 Å². The number of halogens is 1. The first-order chi connectivity index (χ1) is 13.0. The first-order valence-electron chi connectivity index (χ1n) is 9.03. The van der Waals surface area contributed by atoms with Crippen LogP contribution in [-0.2, 0) is 19.5 Å². The zero-order valence-electron chi connectivity index (χ0n) is 17.5. The molecule has 2 rings (SSSR count). The van der Waals surface area contributed by atoms with Crippen molar-refractivity contribution >= 4 is 29.9 Å². The van der Waals surface area contributed by atoms with Gasteiger partial charge in [0.05, 0.1) is 14.2 Å². The van der Waals surface area contributed by atoms with Gasteiger partial charge in [-0.2, -0.15) is 0 Å². The van der Waals surface area contributed by atoms with E-state index >= 15 is 0 Å². The quantitative estimate of drug-likeness (QED) is 0.340. The normalized spacial score (nSPS) is 11.0. The van der Waals surface area contributed by atoms with Gasteiger partial charge >= 0.3 is 0 Å². The molecule has 0 bridgehead atoms. The molecule has 0 atom stereocenters. The summed E-state index contributed by atoms with van der Waals surface area (Å²) in [5.41, 5.74) is 2.30. The summed E-state index contributed by atoms with van der Waals surface area (Å²) < 4.78 is 12.8. The van der Waals surface area contributed by atoms with Crippen LogP contribution in [0.5, 0.6) is 11.5 Å². The van der Waals surface area contributed by atoms with Crippen molar-refractivity contribution in [3.8, 4) is 11.5 Å². The molecule has 0 spiro atoms. The number of aryl methyl sites for hydroxylation is 2. The van der Waals surface area contributed by atoms with Crippen LogP contribution >= 0.6 is 24.0 Å². The molecule has 1 N–H and O–H groups in total. The number of hydrogen-bond donors (Lipinski definition) is 1. The van der Waals surface area contributed by atoms with Gasteiger partial charge in [-0.15, -0.1) is 34.2 Å². The average molecular weight is 502 g/mol. The summed E-state index contributed by atoms with van der Waals surface area (Å²) in [7, 11) is 7.10.